The molecule has 1 N–H and O–H groups in total. The molecule has 4 rings (SSSR count). The smallest absolute Gasteiger partial charge is 0.123 e. The zero-order valence-electron chi connectivity index (χ0n) is 11.4. The molecule has 19 heavy (non-hydrogen) atoms. The molecule has 3 fully saturated rings. The summed E-state index contributed by atoms with van der Waals surface area (Å²) in [5.41, 5.74) is 1.20. The number of halogens is 1. The van der Waals surface area contributed by atoms with Crippen molar-refractivity contribution in [1.82, 2.24) is 0 Å². The lowest BCUT2D eigenvalue weighted by Gasteiger charge is -2.40. The number of fused-ring (bicyclic) bond motifs is 5. The third-order valence-electron chi connectivity index (χ3n) is 6.15. The van der Waals surface area contributed by atoms with Crippen molar-refractivity contribution < 1.29 is 9.50 Å². The van der Waals surface area contributed by atoms with Gasteiger partial charge in [-0.2, -0.15) is 0 Å². The van der Waals surface area contributed by atoms with Gasteiger partial charge in [0.2, 0.25) is 0 Å². The van der Waals surface area contributed by atoms with Crippen LogP contribution < -0.4 is 0 Å². The minimum atomic E-state index is -0.687. The summed E-state index contributed by atoms with van der Waals surface area (Å²) in [7, 11) is 0. The van der Waals surface area contributed by atoms with Crippen molar-refractivity contribution in [3.63, 3.8) is 0 Å². The van der Waals surface area contributed by atoms with Crippen LogP contribution in [0.4, 0.5) is 4.39 Å². The SMILES string of the molecule is Cc1cc(F)ccc1C1(O)CC2CC1C1CCCC21. The van der Waals surface area contributed by atoms with Crippen molar-refractivity contribution in [2.75, 3.05) is 0 Å². The van der Waals surface area contributed by atoms with Crippen LogP contribution in [-0.4, -0.2) is 5.11 Å². The Morgan fingerprint density at radius 2 is 2.05 bits per heavy atom. The standard InChI is InChI=1S/C17H21FO/c1-10-7-12(18)5-6-15(10)17(19)9-11-8-16(17)14-4-2-3-13(11)14/h5-7,11,13-14,16,19H,2-4,8-9H2,1H3. The maximum absolute atomic E-state index is 13.3. The predicted molar refractivity (Wildman–Crippen MR) is 72.1 cm³/mol. The summed E-state index contributed by atoms with van der Waals surface area (Å²) in [4.78, 5) is 0. The minimum absolute atomic E-state index is 0.202. The molecule has 3 aliphatic carbocycles. The Morgan fingerprint density at radius 3 is 2.84 bits per heavy atom. The molecule has 5 atom stereocenters. The van der Waals surface area contributed by atoms with Crippen molar-refractivity contribution in [3.05, 3.63) is 35.1 Å². The quantitative estimate of drug-likeness (QED) is 0.814. The van der Waals surface area contributed by atoms with Gasteiger partial charge in [0.1, 0.15) is 5.82 Å². The van der Waals surface area contributed by atoms with E-state index in [1.165, 1.54) is 31.7 Å². The molecule has 5 unspecified atom stereocenters. The van der Waals surface area contributed by atoms with Crippen LogP contribution in [0.1, 0.15) is 43.2 Å². The van der Waals surface area contributed by atoms with E-state index in [-0.39, 0.29) is 5.82 Å². The van der Waals surface area contributed by atoms with Crippen molar-refractivity contribution >= 4 is 0 Å². The monoisotopic (exact) mass is 260 g/mol. The van der Waals surface area contributed by atoms with Crippen LogP contribution in [0.2, 0.25) is 0 Å². The molecular formula is C17H21FO. The van der Waals surface area contributed by atoms with Gasteiger partial charge in [0.25, 0.3) is 0 Å². The first-order chi connectivity index (χ1) is 9.09. The number of aliphatic hydroxyl groups is 1. The molecule has 0 saturated heterocycles. The molecule has 1 aromatic rings. The van der Waals surface area contributed by atoms with E-state index < -0.39 is 5.60 Å². The molecule has 3 saturated carbocycles. The molecule has 102 valence electrons. The summed E-state index contributed by atoms with van der Waals surface area (Å²) in [6.07, 6.45) is 6.06. The fourth-order valence-corrected chi connectivity index (χ4v) is 5.54. The van der Waals surface area contributed by atoms with Crippen LogP contribution in [0, 0.1) is 36.4 Å². The summed E-state index contributed by atoms with van der Waals surface area (Å²) in [6, 6.07) is 4.87. The zero-order valence-corrected chi connectivity index (χ0v) is 11.4. The van der Waals surface area contributed by atoms with E-state index in [2.05, 4.69) is 0 Å². The lowest BCUT2D eigenvalue weighted by molar-refractivity contribution is -0.0517. The van der Waals surface area contributed by atoms with Crippen LogP contribution in [0.15, 0.2) is 18.2 Å². The fraction of sp³-hybridized carbons (Fsp3) is 0.647. The molecule has 0 amide bonds. The second kappa shape index (κ2) is 3.82. The number of rotatable bonds is 1. The molecule has 3 aliphatic rings. The van der Waals surface area contributed by atoms with E-state index in [0.29, 0.717) is 17.8 Å². The van der Waals surface area contributed by atoms with Crippen molar-refractivity contribution in [1.29, 1.82) is 0 Å². The normalized spacial score (nSPS) is 43.7. The Hall–Kier alpha value is -0.890. The molecule has 1 nitrogen and oxygen atoms in total. The van der Waals surface area contributed by atoms with Gasteiger partial charge < -0.3 is 5.11 Å². The third kappa shape index (κ3) is 1.50. The third-order valence-corrected chi connectivity index (χ3v) is 6.15. The van der Waals surface area contributed by atoms with E-state index in [9.17, 15) is 9.50 Å². The first-order valence-corrected chi connectivity index (χ1v) is 7.58. The second-order valence-electron chi connectivity index (χ2n) is 6.95. The van der Waals surface area contributed by atoms with Crippen LogP contribution >= 0.6 is 0 Å². The summed E-state index contributed by atoms with van der Waals surface area (Å²) >= 11 is 0. The zero-order chi connectivity index (χ0) is 13.2. The first kappa shape index (κ1) is 11.9. The van der Waals surface area contributed by atoms with E-state index in [0.717, 1.165) is 23.5 Å². The molecule has 0 radical (unpaired) electrons. The summed E-state index contributed by atoms with van der Waals surface area (Å²) < 4.78 is 13.3. The Labute approximate surface area is 113 Å². The highest BCUT2D eigenvalue weighted by Crippen LogP contribution is 2.65. The Balaban J connectivity index is 1.75. The lowest BCUT2D eigenvalue weighted by Crippen LogP contribution is -2.39. The minimum Gasteiger partial charge on any atom is -0.385 e. The molecule has 2 bridgehead atoms. The van der Waals surface area contributed by atoms with E-state index in [4.69, 9.17) is 0 Å². The van der Waals surface area contributed by atoms with Gasteiger partial charge in [-0.05, 0) is 79.5 Å². The first-order valence-electron chi connectivity index (χ1n) is 7.58. The number of hydrogen-bond acceptors (Lipinski definition) is 1. The predicted octanol–water partition coefficient (Wildman–Crippen LogP) is 3.78. The number of hydrogen-bond donors (Lipinski definition) is 1. The Morgan fingerprint density at radius 1 is 1.26 bits per heavy atom. The second-order valence-corrected chi connectivity index (χ2v) is 6.95. The van der Waals surface area contributed by atoms with Crippen LogP contribution in [0.3, 0.4) is 0 Å². The van der Waals surface area contributed by atoms with Crippen LogP contribution in [0.25, 0.3) is 0 Å². The summed E-state index contributed by atoms with van der Waals surface area (Å²) in [5, 5.41) is 11.2. The van der Waals surface area contributed by atoms with E-state index >= 15 is 0 Å². The fourth-order valence-electron chi connectivity index (χ4n) is 5.54. The Bertz CT molecular complexity index is 526. The molecule has 0 aromatic heterocycles. The van der Waals surface area contributed by atoms with Gasteiger partial charge in [-0.25, -0.2) is 4.39 Å². The molecule has 0 aliphatic heterocycles. The number of benzene rings is 1. The van der Waals surface area contributed by atoms with Crippen LogP contribution in [-0.2, 0) is 5.60 Å². The molecule has 1 aromatic carbocycles. The van der Waals surface area contributed by atoms with Gasteiger partial charge in [-0.1, -0.05) is 12.5 Å². The van der Waals surface area contributed by atoms with Crippen molar-refractivity contribution in [2.45, 2.75) is 44.6 Å². The van der Waals surface area contributed by atoms with E-state index in [1.807, 2.05) is 13.0 Å². The van der Waals surface area contributed by atoms with Gasteiger partial charge in [0, 0.05) is 0 Å². The molecular weight excluding hydrogens is 239 g/mol. The lowest BCUT2D eigenvalue weighted by atomic mass is 9.69. The number of aryl methyl sites for hydroxylation is 1. The average molecular weight is 260 g/mol. The topological polar surface area (TPSA) is 20.2 Å². The molecule has 0 spiro atoms. The summed E-state index contributed by atoms with van der Waals surface area (Å²) in [5.74, 6) is 2.49. The summed E-state index contributed by atoms with van der Waals surface area (Å²) in [6.45, 7) is 1.93. The molecule has 2 heteroatoms. The largest absolute Gasteiger partial charge is 0.385 e. The molecule has 0 heterocycles. The highest BCUT2D eigenvalue weighted by atomic mass is 19.1. The average Bonchev–Trinajstić information content (AvgIpc) is 2.98. The highest BCUT2D eigenvalue weighted by molar-refractivity contribution is 5.35. The van der Waals surface area contributed by atoms with Crippen molar-refractivity contribution in [3.8, 4) is 0 Å². The van der Waals surface area contributed by atoms with Gasteiger partial charge in [0.15, 0.2) is 0 Å². The van der Waals surface area contributed by atoms with Crippen LogP contribution in [0.5, 0.6) is 0 Å². The maximum atomic E-state index is 13.3. The highest BCUT2D eigenvalue weighted by Gasteiger charge is 2.61. The van der Waals surface area contributed by atoms with Gasteiger partial charge in [-0.15, -0.1) is 0 Å². The maximum Gasteiger partial charge on any atom is 0.123 e. The van der Waals surface area contributed by atoms with Crippen molar-refractivity contribution in [2.24, 2.45) is 23.7 Å². The van der Waals surface area contributed by atoms with Gasteiger partial charge in [-0.3, -0.25) is 0 Å². The van der Waals surface area contributed by atoms with Gasteiger partial charge >= 0.3 is 0 Å². The van der Waals surface area contributed by atoms with E-state index in [1.54, 1.807) is 6.07 Å². The Kier molecular flexibility index (Phi) is 2.39. The van der Waals surface area contributed by atoms with Gasteiger partial charge in [0.05, 0.1) is 5.60 Å².